The van der Waals surface area contributed by atoms with E-state index < -0.39 is 0 Å². The van der Waals surface area contributed by atoms with E-state index in [4.69, 9.17) is 0 Å². The molecule has 0 aliphatic rings. The molecule has 0 spiro atoms. The Morgan fingerprint density at radius 3 is 2.82 bits per heavy atom. The quantitative estimate of drug-likeness (QED) is 0.506. The SMILES string of the molecule is Cc1ccc(C(C)N=C=S)s1. The van der Waals surface area contributed by atoms with Crippen molar-refractivity contribution < 1.29 is 0 Å². The van der Waals surface area contributed by atoms with E-state index in [2.05, 4.69) is 41.4 Å². The average Bonchev–Trinajstić information content (AvgIpc) is 2.36. The third-order valence-corrected chi connectivity index (χ3v) is 2.70. The first kappa shape index (κ1) is 8.60. The van der Waals surface area contributed by atoms with E-state index in [-0.39, 0.29) is 6.04 Å². The number of isothiocyanates is 1. The van der Waals surface area contributed by atoms with Gasteiger partial charge < -0.3 is 0 Å². The molecule has 58 valence electrons. The summed E-state index contributed by atoms with van der Waals surface area (Å²) in [6.07, 6.45) is 0. The van der Waals surface area contributed by atoms with Gasteiger partial charge in [0, 0.05) is 9.75 Å². The summed E-state index contributed by atoms with van der Waals surface area (Å²) in [5.74, 6) is 0. The second kappa shape index (κ2) is 3.77. The van der Waals surface area contributed by atoms with Crippen molar-refractivity contribution in [2.24, 2.45) is 4.99 Å². The third kappa shape index (κ3) is 2.22. The maximum Gasteiger partial charge on any atom is 0.0916 e. The maximum absolute atomic E-state index is 4.52. The van der Waals surface area contributed by atoms with Crippen LogP contribution in [0.25, 0.3) is 0 Å². The highest BCUT2D eigenvalue weighted by Crippen LogP contribution is 2.24. The van der Waals surface area contributed by atoms with Crippen molar-refractivity contribution in [3.8, 4) is 0 Å². The smallest absolute Gasteiger partial charge is 0.0916 e. The van der Waals surface area contributed by atoms with Gasteiger partial charge in [0.15, 0.2) is 0 Å². The van der Waals surface area contributed by atoms with Crippen LogP contribution in [0.3, 0.4) is 0 Å². The van der Waals surface area contributed by atoms with E-state index in [0.29, 0.717) is 0 Å². The zero-order valence-electron chi connectivity index (χ0n) is 6.50. The Labute approximate surface area is 75.8 Å². The van der Waals surface area contributed by atoms with Gasteiger partial charge in [-0.3, -0.25) is 0 Å². The molecule has 0 N–H and O–H groups in total. The Morgan fingerprint density at radius 2 is 2.36 bits per heavy atom. The molecule has 1 nitrogen and oxygen atoms in total. The van der Waals surface area contributed by atoms with E-state index in [1.54, 1.807) is 11.3 Å². The van der Waals surface area contributed by atoms with Crippen molar-refractivity contribution >= 4 is 28.7 Å². The number of hydrogen-bond acceptors (Lipinski definition) is 3. The topological polar surface area (TPSA) is 12.4 Å². The molecule has 1 atom stereocenters. The zero-order chi connectivity index (χ0) is 8.27. The number of aliphatic imine (C=N–C) groups is 1. The number of rotatable bonds is 2. The van der Waals surface area contributed by atoms with Crippen LogP contribution in [0.1, 0.15) is 22.7 Å². The summed E-state index contributed by atoms with van der Waals surface area (Å²) in [6, 6.07) is 4.35. The minimum absolute atomic E-state index is 0.172. The number of aryl methyl sites for hydroxylation is 1. The highest BCUT2D eigenvalue weighted by atomic mass is 32.1. The Balaban J connectivity index is 2.84. The van der Waals surface area contributed by atoms with Gasteiger partial charge in [0.05, 0.1) is 11.2 Å². The fourth-order valence-corrected chi connectivity index (χ4v) is 1.85. The van der Waals surface area contributed by atoms with E-state index in [0.717, 1.165) is 0 Å². The van der Waals surface area contributed by atoms with Crippen LogP contribution in [0, 0.1) is 6.92 Å². The van der Waals surface area contributed by atoms with Crippen LogP contribution >= 0.6 is 23.6 Å². The summed E-state index contributed by atoms with van der Waals surface area (Å²) < 4.78 is 0. The molecule has 0 amide bonds. The lowest BCUT2D eigenvalue weighted by atomic mass is 10.3. The fourth-order valence-electron chi connectivity index (χ4n) is 0.821. The van der Waals surface area contributed by atoms with Gasteiger partial charge >= 0.3 is 0 Å². The molecule has 1 rings (SSSR count). The number of nitrogens with zero attached hydrogens (tertiary/aromatic N) is 1. The lowest BCUT2D eigenvalue weighted by Crippen LogP contribution is -1.81. The van der Waals surface area contributed by atoms with Crippen LogP contribution in [0.2, 0.25) is 0 Å². The van der Waals surface area contributed by atoms with Crippen LogP contribution < -0.4 is 0 Å². The molecule has 0 aliphatic carbocycles. The molecule has 11 heavy (non-hydrogen) atoms. The van der Waals surface area contributed by atoms with Crippen LogP contribution in [0.4, 0.5) is 0 Å². The van der Waals surface area contributed by atoms with E-state index in [1.807, 2.05) is 6.92 Å². The summed E-state index contributed by atoms with van der Waals surface area (Å²) in [5, 5.41) is 2.39. The highest BCUT2D eigenvalue weighted by Gasteiger charge is 2.03. The standard InChI is InChI=1S/C8H9NS2/c1-6-3-4-8(11-6)7(2)9-5-10/h3-4,7H,1-2H3. The summed E-state index contributed by atoms with van der Waals surface area (Å²) >= 11 is 6.28. The molecule has 1 aromatic rings. The zero-order valence-corrected chi connectivity index (χ0v) is 8.13. The Bertz CT molecular complexity index is 284. The molecule has 0 saturated carbocycles. The van der Waals surface area contributed by atoms with Gasteiger partial charge in [-0.2, -0.15) is 0 Å². The van der Waals surface area contributed by atoms with Gasteiger partial charge in [-0.1, -0.05) is 0 Å². The minimum atomic E-state index is 0.172. The molecule has 3 heteroatoms. The van der Waals surface area contributed by atoms with Gasteiger partial charge in [0.1, 0.15) is 0 Å². The molecular weight excluding hydrogens is 174 g/mol. The molecule has 1 heterocycles. The van der Waals surface area contributed by atoms with Gasteiger partial charge in [-0.05, 0) is 38.2 Å². The van der Waals surface area contributed by atoms with Gasteiger partial charge in [0.25, 0.3) is 0 Å². The molecule has 1 unspecified atom stereocenters. The number of thiocarbonyl (C=S) groups is 1. The Hall–Kier alpha value is -0.500. The Morgan fingerprint density at radius 1 is 1.64 bits per heavy atom. The predicted molar refractivity (Wildman–Crippen MR) is 52.5 cm³/mol. The van der Waals surface area contributed by atoms with Crippen LogP contribution in [0.5, 0.6) is 0 Å². The van der Waals surface area contributed by atoms with Crippen LogP contribution in [-0.4, -0.2) is 5.16 Å². The van der Waals surface area contributed by atoms with Gasteiger partial charge in [-0.15, -0.1) is 11.3 Å². The first-order chi connectivity index (χ1) is 5.24. The summed E-state index contributed by atoms with van der Waals surface area (Å²) in [5.41, 5.74) is 0. The third-order valence-electron chi connectivity index (χ3n) is 1.42. The van der Waals surface area contributed by atoms with E-state index in [1.165, 1.54) is 9.75 Å². The largest absolute Gasteiger partial charge is 0.224 e. The lowest BCUT2D eigenvalue weighted by Gasteiger charge is -1.97. The van der Waals surface area contributed by atoms with Crippen molar-refractivity contribution in [2.45, 2.75) is 19.9 Å². The fraction of sp³-hybridized carbons (Fsp3) is 0.375. The molecule has 0 saturated heterocycles. The summed E-state index contributed by atoms with van der Waals surface area (Å²) in [7, 11) is 0. The van der Waals surface area contributed by atoms with Crippen molar-refractivity contribution in [3.63, 3.8) is 0 Å². The van der Waals surface area contributed by atoms with E-state index in [9.17, 15) is 0 Å². The lowest BCUT2D eigenvalue weighted by molar-refractivity contribution is 0.848. The van der Waals surface area contributed by atoms with Gasteiger partial charge in [0.2, 0.25) is 0 Å². The second-order valence-corrected chi connectivity index (χ2v) is 3.85. The van der Waals surface area contributed by atoms with Crippen molar-refractivity contribution in [1.29, 1.82) is 0 Å². The number of hydrogen-bond donors (Lipinski definition) is 0. The normalized spacial score (nSPS) is 12.2. The molecule has 1 aromatic heterocycles. The number of thiophene rings is 1. The summed E-state index contributed by atoms with van der Waals surface area (Å²) in [4.78, 5) is 6.54. The first-order valence-corrected chi connectivity index (χ1v) is 4.60. The second-order valence-electron chi connectivity index (χ2n) is 2.34. The monoisotopic (exact) mass is 183 g/mol. The van der Waals surface area contributed by atoms with Crippen molar-refractivity contribution in [2.75, 3.05) is 0 Å². The first-order valence-electron chi connectivity index (χ1n) is 3.37. The van der Waals surface area contributed by atoms with Crippen LogP contribution in [-0.2, 0) is 0 Å². The molecule has 0 aromatic carbocycles. The van der Waals surface area contributed by atoms with E-state index >= 15 is 0 Å². The molecular formula is C8H9NS2. The van der Waals surface area contributed by atoms with Crippen LogP contribution in [0.15, 0.2) is 17.1 Å². The molecule has 0 fully saturated rings. The van der Waals surface area contributed by atoms with Gasteiger partial charge in [-0.25, -0.2) is 4.99 Å². The molecule has 0 radical (unpaired) electrons. The maximum atomic E-state index is 4.52. The molecule has 0 aliphatic heterocycles. The minimum Gasteiger partial charge on any atom is -0.224 e. The summed E-state index contributed by atoms with van der Waals surface area (Å²) in [6.45, 7) is 4.10. The predicted octanol–water partition coefficient (Wildman–Crippen LogP) is 3.22. The highest BCUT2D eigenvalue weighted by molar-refractivity contribution is 7.78. The van der Waals surface area contributed by atoms with Crippen molar-refractivity contribution in [3.05, 3.63) is 21.9 Å². The average molecular weight is 183 g/mol. The molecule has 0 bridgehead atoms. The Kier molecular flexibility index (Phi) is 2.94. The van der Waals surface area contributed by atoms with Crippen molar-refractivity contribution in [1.82, 2.24) is 0 Å².